The summed E-state index contributed by atoms with van der Waals surface area (Å²) < 4.78 is 0. The lowest BCUT2D eigenvalue weighted by Crippen LogP contribution is -2.26. The van der Waals surface area contributed by atoms with E-state index in [0.29, 0.717) is 24.5 Å². The van der Waals surface area contributed by atoms with Crippen molar-refractivity contribution in [3.05, 3.63) is 11.5 Å². The predicted octanol–water partition coefficient (Wildman–Crippen LogP) is 0.921. The van der Waals surface area contributed by atoms with Gasteiger partial charge < -0.3 is 15.7 Å². The fourth-order valence-corrected chi connectivity index (χ4v) is 1.42. The van der Waals surface area contributed by atoms with Crippen LogP contribution in [0, 0.1) is 0 Å². The van der Waals surface area contributed by atoms with Crippen molar-refractivity contribution in [1.29, 1.82) is 0 Å². The van der Waals surface area contributed by atoms with E-state index < -0.39 is 0 Å². The first-order chi connectivity index (χ1) is 7.20. The minimum Gasteiger partial charge on any atom is -0.396 e. The van der Waals surface area contributed by atoms with Crippen molar-refractivity contribution >= 4 is 23.1 Å². The Morgan fingerprint density at radius 2 is 2.27 bits per heavy atom. The number of nitrogens with zero attached hydrogens (tertiary/aromatic N) is 3. The van der Waals surface area contributed by atoms with Crippen molar-refractivity contribution in [3.8, 4) is 0 Å². The molecule has 0 atom stereocenters. The minimum absolute atomic E-state index is 0.148. The molecule has 15 heavy (non-hydrogen) atoms. The van der Waals surface area contributed by atoms with Gasteiger partial charge in [-0.15, -0.1) is 0 Å². The molecule has 0 fully saturated rings. The second-order valence-corrected chi connectivity index (χ2v) is 3.42. The lowest BCUT2D eigenvalue weighted by molar-refractivity contribution is 0.289. The van der Waals surface area contributed by atoms with Gasteiger partial charge in [-0.3, -0.25) is 0 Å². The average Bonchev–Trinajstić information content (AvgIpc) is 2.25. The maximum absolute atomic E-state index is 8.76. The average molecular weight is 231 g/mol. The molecule has 0 unspecified atom stereocenters. The van der Waals surface area contributed by atoms with E-state index in [9.17, 15) is 0 Å². The Hall–Kier alpha value is -1.07. The number of anilines is 2. The van der Waals surface area contributed by atoms with Crippen molar-refractivity contribution in [1.82, 2.24) is 9.97 Å². The van der Waals surface area contributed by atoms with Gasteiger partial charge in [-0.25, -0.2) is 9.97 Å². The highest BCUT2D eigenvalue weighted by Gasteiger charge is 2.11. The molecular formula is C9H15ClN4O. The fraction of sp³-hybridized carbons (Fsp3) is 0.556. The molecule has 1 heterocycles. The number of nitrogen functional groups attached to an aromatic ring is 1. The van der Waals surface area contributed by atoms with E-state index in [-0.39, 0.29) is 11.8 Å². The van der Waals surface area contributed by atoms with Gasteiger partial charge in [-0.2, -0.15) is 0 Å². The van der Waals surface area contributed by atoms with Crippen LogP contribution in [0.3, 0.4) is 0 Å². The summed E-state index contributed by atoms with van der Waals surface area (Å²) in [5, 5.41) is 9.03. The van der Waals surface area contributed by atoms with Crippen LogP contribution in [0.1, 0.15) is 13.3 Å². The van der Waals surface area contributed by atoms with Gasteiger partial charge in [-0.05, 0) is 13.3 Å². The molecular weight excluding hydrogens is 216 g/mol. The molecule has 1 rings (SSSR count). The fourth-order valence-electron chi connectivity index (χ4n) is 1.29. The molecule has 6 heteroatoms. The van der Waals surface area contributed by atoms with Crippen molar-refractivity contribution in [3.63, 3.8) is 0 Å². The van der Waals surface area contributed by atoms with Crippen LogP contribution >= 0.6 is 11.6 Å². The summed E-state index contributed by atoms with van der Waals surface area (Å²) in [7, 11) is 0. The van der Waals surface area contributed by atoms with E-state index in [1.165, 1.54) is 6.33 Å². The van der Waals surface area contributed by atoms with Gasteiger partial charge in [0.05, 0.1) is 0 Å². The Labute approximate surface area is 93.9 Å². The Morgan fingerprint density at radius 3 is 2.87 bits per heavy atom. The van der Waals surface area contributed by atoms with E-state index in [0.717, 1.165) is 6.54 Å². The van der Waals surface area contributed by atoms with Gasteiger partial charge in [0.25, 0.3) is 0 Å². The van der Waals surface area contributed by atoms with Crippen LogP contribution in [0.25, 0.3) is 0 Å². The van der Waals surface area contributed by atoms with Crippen LogP contribution in [0.5, 0.6) is 0 Å². The normalized spacial score (nSPS) is 10.3. The summed E-state index contributed by atoms with van der Waals surface area (Å²) in [6, 6.07) is 0. The summed E-state index contributed by atoms with van der Waals surface area (Å²) in [5.74, 6) is 0.631. The lowest BCUT2D eigenvalue weighted by Gasteiger charge is -2.22. The molecule has 1 aromatic heterocycles. The van der Waals surface area contributed by atoms with E-state index in [4.69, 9.17) is 22.4 Å². The minimum atomic E-state index is 0.148. The molecule has 5 nitrogen and oxygen atoms in total. The Bertz CT molecular complexity index is 321. The topological polar surface area (TPSA) is 75.3 Å². The van der Waals surface area contributed by atoms with Crippen LogP contribution in [0.15, 0.2) is 6.33 Å². The third-order valence-electron chi connectivity index (χ3n) is 2.08. The quantitative estimate of drug-likeness (QED) is 0.736. The lowest BCUT2D eigenvalue weighted by atomic mass is 10.3. The summed E-state index contributed by atoms with van der Waals surface area (Å²) in [6.45, 7) is 3.60. The Balaban J connectivity index is 2.86. The van der Waals surface area contributed by atoms with Gasteiger partial charge in [0.15, 0.2) is 11.0 Å². The van der Waals surface area contributed by atoms with Crippen LogP contribution in [0.2, 0.25) is 5.15 Å². The first-order valence-electron chi connectivity index (χ1n) is 4.82. The van der Waals surface area contributed by atoms with Crippen LogP contribution in [-0.2, 0) is 0 Å². The number of aliphatic hydroxyl groups excluding tert-OH is 1. The molecule has 0 aromatic carbocycles. The highest BCUT2D eigenvalue weighted by Crippen LogP contribution is 2.25. The van der Waals surface area contributed by atoms with Gasteiger partial charge >= 0.3 is 0 Å². The highest BCUT2D eigenvalue weighted by molar-refractivity contribution is 6.32. The summed E-state index contributed by atoms with van der Waals surface area (Å²) >= 11 is 5.80. The molecule has 0 saturated carbocycles. The molecule has 1 aromatic rings. The zero-order valence-electron chi connectivity index (χ0n) is 8.65. The predicted molar refractivity (Wildman–Crippen MR) is 61.0 cm³/mol. The van der Waals surface area contributed by atoms with Crippen LogP contribution in [-0.4, -0.2) is 34.8 Å². The second-order valence-electron chi connectivity index (χ2n) is 3.06. The third-order valence-corrected chi connectivity index (χ3v) is 2.38. The summed E-state index contributed by atoms with van der Waals surface area (Å²) in [4.78, 5) is 9.83. The van der Waals surface area contributed by atoms with Gasteiger partial charge in [0.1, 0.15) is 12.0 Å². The molecule has 0 aliphatic rings. The Kier molecular flexibility index (Phi) is 4.58. The van der Waals surface area contributed by atoms with Crippen molar-refractivity contribution in [2.24, 2.45) is 0 Å². The largest absolute Gasteiger partial charge is 0.396 e. The number of nitrogens with two attached hydrogens (primary N) is 1. The monoisotopic (exact) mass is 230 g/mol. The third kappa shape index (κ3) is 2.94. The van der Waals surface area contributed by atoms with E-state index in [2.05, 4.69) is 9.97 Å². The molecule has 0 spiro atoms. The second kappa shape index (κ2) is 5.72. The smallest absolute Gasteiger partial charge is 0.157 e. The number of aliphatic hydroxyl groups is 1. The number of rotatable bonds is 5. The van der Waals surface area contributed by atoms with E-state index in [1.807, 2.05) is 11.8 Å². The molecule has 0 aliphatic heterocycles. The number of hydrogen-bond acceptors (Lipinski definition) is 5. The molecule has 0 amide bonds. The zero-order valence-corrected chi connectivity index (χ0v) is 9.41. The molecule has 3 N–H and O–H groups in total. The molecule has 0 bridgehead atoms. The Morgan fingerprint density at radius 1 is 1.53 bits per heavy atom. The zero-order chi connectivity index (χ0) is 11.3. The summed E-state index contributed by atoms with van der Waals surface area (Å²) in [6.07, 6.45) is 2.06. The maximum Gasteiger partial charge on any atom is 0.157 e. The first-order valence-corrected chi connectivity index (χ1v) is 5.20. The van der Waals surface area contributed by atoms with Crippen LogP contribution in [0.4, 0.5) is 11.5 Å². The van der Waals surface area contributed by atoms with Gasteiger partial charge in [0, 0.05) is 19.7 Å². The number of hydrogen-bond donors (Lipinski definition) is 2. The first kappa shape index (κ1) is 12.0. The van der Waals surface area contributed by atoms with Crippen LogP contribution < -0.4 is 10.6 Å². The number of halogens is 1. The highest BCUT2D eigenvalue weighted by atomic mass is 35.5. The molecule has 0 aliphatic carbocycles. The van der Waals surface area contributed by atoms with Gasteiger partial charge in [0.2, 0.25) is 0 Å². The van der Waals surface area contributed by atoms with Crippen molar-refractivity contribution in [2.45, 2.75) is 13.3 Å². The number of aromatic nitrogens is 2. The van der Waals surface area contributed by atoms with Crippen molar-refractivity contribution < 1.29 is 5.11 Å². The maximum atomic E-state index is 8.76. The van der Waals surface area contributed by atoms with Crippen molar-refractivity contribution in [2.75, 3.05) is 30.3 Å². The summed E-state index contributed by atoms with van der Waals surface area (Å²) in [5.41, 5.74) is 6.16. The van der Waals surface area contributed by atoms with Gasteiger partial charge in [-0.1, -0.05) is 11.6 Å². The molecule has 0 saturated heterocycles. The molecule has 0 radical (unpaired) electrons. The standard InChI is InChI=1S/C9H15ClN4O/c1-2-14(4-3-5-15)9-7(11)8(10)12-6-13-9/h6,15H,2-5,11H2,1H3. The van der Waals surface area contributed by atoms with E-state index >= 15 is 0 Å². The molecule has 84 valence electrons. The van der Waals surface area contributed by atoms with E-state index in [1.54, 1.807) is 0 Å². The SMILES string of the molecule is CCN(CCCO)c1ncnc(Cl)c1N.